The van der Waals surface area contributed by atoms with Crippen LogP contribution in [-0.4, -0.2) is 37.1 Å². The summed E-state index contributed by atoms with van der Waals surface area (Å²) in [5.74, 6) is 0.990. The van der Waals surface area contributed by atoms with Gasteiger partial charge in [-0.1, -0.05) is 30.3 Å². The molecule has 1 aliphatic heterocycles. The minimum absolute atomic E-state index is 0.0814. The molecule has 4 aromatic rings. The van der Waals surface area contributed by atoms with Crippen LogP contribution in [0.4, 0.5) is 0 Å². The second-order valence-electron chi connectivity index (χ2n) is 6.86. The van der Waals surface area contributed by atoms with Crippen LogP contribution in [0.1, 0.15) is 21.7 Å². The summed E-state index contributed by atoms with van der Waals surface area (Å²) in [6, 6.07) is 16.0. The number of aromatic amines is 1. The Morgan fingerprint density at radius 1 is 1.11 bits per heavy atom. The summed E-state index contributed by atoms with van der Waals surface area (Å²) >= 11 is 0. The lowest BCUT2D eigenvalue weighted by Gasteiger charge is -2.14. The van der Waals surface area contributed by atoms with E-state index in [2.05, 4.69) is 15.1 Å². The van der Waals surface area contributed by atoms with Gasteiger partial charge in [0.25, 0.3) is 5.91 Å². The molecule has 0 fully saturated rings. The quantitative estimate of drug-likeness (QED) is 0.610. The average molecular weight is 357 g/mol. The van der Waals surface area contributed by atoms with E-state index in [9.17, 15) is 4.79 Å². The van der Waals surface area contributed by atoms with Crippen molar-refractivity contribution in [3.63, 3.8) is 0 Å². The van der Waals surface area contributed by atoms with Crippen molar-refractivity contribution in [3.05, 3.63) is 71.7 Å². The Kier molecular flexibility index (Phi) is 3.57. The lowest BCUT2D eigenvalue weighted by molar-refractivity contribution is 0.0780. The zero-order valence-electron chi connectivity index (χ0n) is 15.0. The Labute approximate surface area is 156 Å². The fourth-order valence-electron chi connectivity index (χ4n) is 3.82. The van der Waals surface area contributed by atoms with E-state index in [1.54, 1.807) is 10.9 Å². The molecule has 0 spiro atoms. The number of rotatable bonds is 4. The monoisotopic (exact) mass is 357 g/mol. The molecule has 0 bridgehead atoms. The molecule has 2 aromatic heterocycles. The van der Waals surface area contributed by atoms with E-state index in [1.807, 2.05) is 60.5 Å². The van der Waals surface area contributed by atoms with Crippen molar-refractivity contribution in [2.24, 2.45) is 7.05 Å². The minimum atomic E-state index is 0.0814. The predicted molar refractivity (Wildman–Crippen MR) is 103 cm³/mol. The fourth-order valence-corrected chi connectivity index (χ4v) is 3.82. The first-order valence-corrected chi connectivity index (χ1v) is 9.04. The van der Waals surface area contributed by atoms with Gasteiger partial charge < -0.3 is 9.88 Å². The van der Waals surface area contributed by atoms with Crippen LogP contribution in [0.15, 0.2) is 54.7 Å². The molecular weight excluding hydrogens is 338 g/mol. The molecule has 0 radical (unpaired) electrons. The molecule has 5 rings (SSSR count). The Morgan fingerprint density at radius 2 is 2.00 bits per heavy atom. The number of fused-ring (bicyclic) bond motifs is 2. The fraction of sp³-hybridized carbons (Fsp3) is 0.190. The van der Waals surface area contributed by atoms with Crippen LogP contribution >= 0.6 is 0 Å². The van der Waals surface area contributed by atoms with Crippen LogP contribution in [0.25, 0.3) is 22.3 Å². The lowest BCUT2D eigenvalue weighted by atomic mass is 10.0. The van der Waals surface area contributed by atoms with Gasteiger partial charge in [0.1, 0.15) is 5.82 Å². The number of nitrogens with zero attached hydrogens (tertiary/aromatic N) is 4. The van der Waals surface area contributed by atoms with Gasteiger partial charge in [-0.2, -0.15) is 5.10 Å². The third-order valence-corrected chi connectivity index (χ3v) is 5.17. The molecule has 0 aliphatic carbocycles. The number of carbonyl (C=O) groups excluding carboxylic acids is 1. The van der Waals surface area contributed by atoms with Crippen LogP contribution in [-0.2, 0) is 20.0 Å². The number of benzene rings is 2. The maximum Gasteiger partial charge on any atom is 0.255 e. The second kappa shape index (κ2) is 6.09. The molecule has 0 saturated heterocycles. The third kappa shape index (κ3) is 2.61. The highest BCUT2D eigenvalue weighted by Gasteiger charge is 2.30. The first-order chi connectivity index (χ1) is 13.2. The van der Waals surface area contributed by atoms with Crippen molar-refractivity contribution >= 4 is 16.9 Å². The second-order valence-corrected chi connectivity index (χ2v) is 6.86. The van der Waals surface area contributed by atoms with Crippen LogP contribution in [0, 0.1) is 0 Å². The van der Waals surface area contributed by atoms with Gasteiger partial charge in [0.15, 0.2) is 0 Å². The van der Waals surface area contributed by atoms with Crippen LogP contribution in [0.2, 0.25) is 0 Å². The highest BCUT2D eigenvalue weighted by molar-refractivity contribution is 6.04. The van der Waals surface area contributed by atoms with Gasteiger partial charge in [-0.25, -0.2) is 4.98 Å². The molecule has 0 saturated carbocycles. The van der Waals surface area contributed by atoms with E-state index in [4.69, 9.17) is 0 Å². The van der Waals surface area contributed by atoms with Gasteiger partial charge in [0.05, 0.1) is 22.3 Å². The molecule has 1 aliphatic rings. The highest BCUT2D eigenvalue weighted by Crippen LogP contribution is 2.32. The standard InChI is InChI=1S/C21H19N5O/c1-25-18(9-11-22-25)15-6-4-5-14-13-26(21(27)20(14)15)12-10-19-23-16-7-2-3-8-17(16)24-19/h2-9,11H,10,12-13H2,1H3,(H,23,24). The molecule has 0 atom stereocenters. The number of hydrogen-bond donors (Lipinski definition) is 1. The largest absolute Gasteiger partial charge is 0.342 e. The van der Waals surface area contributed by atoms with Gasteiger partial charge in [-0.15, -0.1) is 0 Å². The number of aromatic nitrogens is 4. The number of imidazole rings is 1. The number of hydrogen-bond acceptors (Lipinski definition) is 3. The summed E-state index contributed by atoms with van der Waals surface area (Å²) in [7, 11) is 1.90. The van der Waals surface area contributed by atoms with Crippen molar-refractivity contribution in [2.75, 3.05) is 6.54 Å². The molecule has 0 unspecified atom stereocenters. The van der Waals surface area contributed by atoms with Gasteiger partial charge in [0.2, 0.25) is 0 Å². The average Bonchev–Trinajstić information content (AvgIpc) is 3.37. The number of aryl methyl sites for hydroxylation is 1. The maximum atomic E-state index is 13.1. The number of para-hydroxylation sites is 2. The predicted octanol–water partition coefficient (Wildman–Crippen LogP) is 3.16. The summed E-state index contributed by atoms with van der Waals surface area (Å²) in [6.07, 6.45) is 2.46. The smallest absolute Gasteiger partial charge is 0.255 e. The number of carbonyl (C=O) groups is 1. The summed E-state index contributed by atoms with van der Waals surface area (Å²) in [6.45, 7) is 1.28. The third-order valence-electron chi connectivity index (χ3n) is 5.17. The summed E-state index contributed by atoms with van der Waals surface area (Å²) in [5, 5.41) is 4.24. The van der Waals surface area contributed by atoms with Crippen molar-refractivity contribution < 1.29 is 4.79 Å². The van der Waals surface area contributed by atoms with Crippen molar-refractivity contribution in [2.45, 2.75) is 13.0 Å². The van der Waals surface area contributed by atoms with E-state index >= 15 is 0 Å². The SMILES string of the molecule is Cn1nccc1-c1cccc2c1C(=O)N(CCc1nc3ccccc3[nH]1)C2. The molecule has 3 heterocycles. The topological polar surface area (TPSA) is 66.8 Å². The van der Waals surface area contributed by atoms with Crippen LogP contribution in [0.5, 0.6) is 0 Å². The van der Waals surface area contributed by atoms with Crippen molar-refractivity contribution in [3.8, 4) is 11.3 Å². The zero-order valence-corrected chi connectivity index (χ0v) is 15.0. The number of H-pyrrole nitrogens is 1. The van der Waals surface area contributed by atoms with Crippen molar-refractivity contribution in [1.82, 2.24) is 24.6 Å². The summed E-state index contributed by atoms with van der Waals surface area (Å²) in [5.41, 5.74) is 5.76. The molecule has 1 N–H and O–H groups in total. The maximum absolute atomic E-state index is 13.1. The van der Waals surface area contributed by atoms with E-state index in [0.717, 1.165) is 39.2 Å². The minimum Gasteiger partial charge on any atom is -0.342 e. The number of nitrogens with one attached hydrogen (secondary N) is 1. The van der Waals surface area contributed by atoms with E-state index in [0.29, 0.717) is 19.5 Å². The first-order valence-electron chi connectivity index (χ1n) is 9.04. The molecule has 27 heavy (non-hydrogen) atoms. The van der Waals surface area contributed by atoms with Gasteiger partial charge in [-0.05, 0) is 23.8 Å². The first kappa shape index (κ1) is 15.8. The molecule has 134 valence electrons. The van der Waals surface area contributed by atoms with Gasteiger partial charge in [-0.3, -0.25) is 9.48 Å². The van der Waals surface area contributed by atoms with Gasteiger partial charge >= 0.3 is 0 Å². The highest BCUT2D eigenvalue weighted by atomic mass is 16.2. The van der Waals surface area contributed by atoms with E-state index in [1.165, 1.54) is 0 Å². The Balaban J connectivity index is 1.39. The lowest BCUT2D eigenvalue weighted by Crippen LogP contribution is -2.26. The van der Waals surface area contributed by atoms with E-state index < -0.39 is 0 Å². The Morgan fingerprint density at radius 3 is 2.81 bits per heavy atom. The molecule has 1 amide bonds. The zero-order chi connectivity index (χ0) is 18.4. The molecule has 6 nitrogen and oxygen atoms in total. The van der Waals surface area contributed by atoms with E-state index in [-0.39, 0.29) is 5.91 Å². The van der Waals surface area contributed by atoms with Crippen molar-refractivity contribution in [1.29, 1.82) is 0 Å². The molecule has 6 heteroatoms. The van der Waals surface area contributed by atoms with Gasteiger partial charge in [0, 0.05) is 38.3 Å². The Bertz CT molecular complexity index is 1120. The van der Waals surface area contributed by atoms with Crippen LogP contribution < -0.4 is 0 Å². The summed E-state index contributed by atoms with van der Waals surface area (Å²) < 4.78 is 1.81. The number of amides is 1. The van der Waals surface area contributed by atoms with Crippen LogP contribution in [0.3, 0.4) is 0 Å². The normalized spacial score (nSPS) is 13.5. The molecular formula is C21H19N5O. The summed E-state index contributed by atoms with van der Waals surface area (Å²) in [4.78, 5) is 22.9. The molecule has 2 aromatic carbocycles. The Hall–Kier alpha value is -3.41.